The topological polar surface area (TPSA) is 52.7 Å². The number of benzene rings is 4. The largest absolute Gasteiger partial charge is 0.388 e. The maximum Gasteiger partial charge on any atom is 0.123 e. The molecule has 200 valence electrons. The van der Waals surface area contributed by atoms with Crippen LogP contribution in [0.3, 0.4) is 0 Å². The Morgan fingerprint density at radius 3 is 2.34 bits per heavy atom. The summed E-state index contributed by atoms with van der Waals surface area (Å²) in [6.45, 7) is 8.66. The Kier molecular flexibility index (Phi) is 6.92. The van der Waals surface area contributed by atoms with Crippen molar-refractivity contribution in [2.24, 2.45) is 0 Å². The zero-order valence-corrected chi connectivity index (χ0v) is 22.7. The third-order valence-corrected chi connectivity index (χ3v) is 7.25. The fraction of sp³-hybridized carbons (Fsp3) is 0.0278. The Hall–Kier alpha value is -5.42. The van der Waals surface area contributed by atoms with Crippen LogP contribution in [0.15, 0.2) is 129 Å². The first-order valence-electron chi connectivity index (χ1n) is 13.4. The van der Waals surface area contributed by atoms with E-state index >= 15 is 0 Å². The van der Waals surface area contributed by atoms with E-state index in [0.29, 0.717) is 0 Å². The minimum Gasteiger partial charge on any atom is -0.388 e. The van der Waals surface area contributed by atoms with Gasteiger partial charge in [-0.15, -0.1) is 0 Å². The Morgan fingerprint density at radius 2 is 1.56 bits per heavy atom. The molecule has 6 aromatic rings. The average molecular weight is 537 g/mol. The van der Waals surface area contributed by atoms with Gasteiger partial charge in [-0.25, -0.2) is 4.39 Å². The lowest BCUT2D eigenvalue weighted by atomic mass is 9.96. The predicted octanol–water partition coefficient (Wildman–Crippen LogP) is 9.22. The van der Waals surface area contributed by atoms with E-state index in [-0.39, 0.29) is 5.82 Å². The van der Waals surface area contributed by atoms with Crippen molar-refractivity contribution in [3.63, 3.8) is 0 Å². The molecule has 5 heteroatoms. The number of nitrogens with zero attached hydrogens (tertiary/aromatic N) is 1. The van der Waals surface area contributed by atoms with E-state index < -0.39 is 0 Å². The van der Waals surface area contributed by atoms with Crippen LogP contribution in [0.5, 0.6) is 0 Å². The van der Waals surface area contributed by atoms with Crippen LogP contribution in [-0.4, -0.2) is 17.0 Å². The maximum absolute atomic E-state index is 13.6. The maximum atomic E-state index is 13.6. The monoisotopic (exact) mass is 536 g/mol. The number of fused-ring (bicyclic) bond motifs is 1. The molecule has 0 unspecified atom stereocenters. The van der Waals surface area contributed by atoms with E-state index in [1.807, 2.05) is 55.7 Å². The van der Waals surface area contributed by atoms with Crippen molar-refractivity contribution in [1.29, 1.82) is 0 Å². The number of aromatic nitrogens is 2. The quantitative estimate of drug-likeness (QED) is 0.182. The second-order valence-electron chi connectivity index (χ2n) is 9.88. The molecule has 0 aliphatic rings. The van der Waals surface area contributed by atoms with E-state index in [0.717, 1.165) is 72.6 Å². The lowest BCUT2D eigenvalue weighted by Crippen LogP contribution is -1.99. The fourth-order valence-corrected chi connectivity index (χ4v) is 5.09. The summed E-state index contributed by atoms with van der Waals surface area (Å²) >= 11 is 0. The van der Waals surface area contributed by atoms with E-state index in [9.17, 15) is 4.39 Å². The van der Waals surface area contributed by atoms with Crippen molar-refractivity contribution >= 4 is 33.5 Å². The van der Waals surface area contributed by atoms with Gasteiger partial charge in [-0.3, -0.25) is 4.98 Å². The van der Waals surface area contributed by atoms with Gasteiger partial charge in [0.25, 0.3) is 0 Å². The van der Waals surface area contributed by atoms with Crippen LogP contribution >= 0.6 is 0 Å². The van der Waals surface area contributed by atoms with Gasteiger partial charge < -0.3 is 15.6 Å². The molecule has 4 nitrogen and oxygen atoms in total. The first-order chi connectivity index (χ1) is 20.0. The summed E-state index contributed by atoms with van der Waals surface area (Å²) < 4.78 is 13.6. The molecule has 4 aromatic carbocycles. The number of anilines is 2. The predicted molar refractivity (Wildman–Crippen MR) is 170 cm³/mol. The molecule has 0 fully saturated rings. The molecule has 2 heterocycles. The van der Waals surface area contributed by atoms with Gasteiger partial charge in [-0.05, 0) is 64.7 Å². The van der Waals surface area contributed by atoms with Crippen LogP contribution in [0.25, 0.3) is 44.4 Å². The Bertz CT molecular complexity index is 1890. The number of hydrogen-bond acceptors (Lipinski definition) is 3. The van der Waals surface area contributed by atoms with Gasteiger partial charge in [-0.2, -0.15) is 0 Å². The molecule has 0 saturated heterocycles. The SMILES string of the molecule is C=C(Nc1cncc(-c2ccc(NC)c(C(=C)c3cc4c(-c5ccc(F)cc5)cccc4[nH]3)c2)c1)c1ccccc1. The molecule has 0 spiro atoms. The first-order valence-corrected chi connectivity index (χ1v) is 13.4. The van der Waals surface area contributed by atoms with Crippen LogP contribution in [0, 0.1) is 5.82 Å². The second kappa shape index (κ2) is 11.0. The van der Waals surface area contributed by atoms with Crippen molar-refractivity contribution < 1.29 is 4.39 Å². The van der Waals surface area contributed by atoms with Crippen molar-refractivity contribution in [2.45, 2.75) is 0 Å². The lowest BCUT2D eigenvalue weighted by Gasteiger charge is -2.14. The number of H-pyrrole nitrogens is 1. The number of pyridine rings is 1. The minimum atomic E-state index is -0.249. The van der Waals surface area contributed by atoms with Crippen LogP contribution in [0.2, 0.25) is 0 Å². The summed E-state index contributed by atoms with van der Waals surface area (Å²) in [5.41, 5.74) is 11.4. The fourth-order valence-electron chi connectivity index (χ4n) is 5.09. The summed E-state index contributed by atoms with van der Waals surface area (Å²) in [4.78, 5) is 8.02. The molecular weight excluding hydrogens is 507 g/mol. The van der Waals surface area contributed by atoms with Gasteiger partial charge in [0.1, 0.15) is 5.82 Å². The lowest BCUT2D eigenvalue weighted by molar-refractivity contribution is 0.628. The van der Waals surface area contributed by atoms with E-state index in [1.54, 1.807) is 18.3 Å². The molecule has 0 aliphatic heterocycles. The Labute approximate surface area is 238 Å². The van der Waals surface area contributed by atoms with E-state index in [4.69, 9.17) is 0 Å². The van der Waals surface area contributed by atoms with E-state index in [1.165, 1.54) is 12.1 Å². The molecule has 0 amide bonds. The van der Waals surface area contributed by atoms with Gasteiger partial charge >= 0.3 is 0 Å². The average Bonchev–Trinajstić information content (AvgIpc) is 3.46. The van der Waals surface area contributed by atoms with E-state index in [2.05, 4.69) is 70.2 Å². The summed E-state index contributed by atoms with van der Waals surface area (Å²) in [6, 6.07) is 33.2. The molecule has 41 heavy (non-hydrogen) atoms. The number of aromatic amines is 1. The third-order valence-electron chi connectivity index (χ3n) is 7.25. The van der Waals surface area contributed by atoms with Gasteiger partial charge in [0.2, 0.25) is 0 Å². The van der Waals surface area contributed by atoms with Crippen LogP contribution in [0.1, 0.15) is 16.8 Å². The highest BCUT2D eigenvalue weighted by molar-refractivity contribution is 5.99. The third kappa shape index (κ3) is 5.25. The highest BCUT2D eigenvalue weighted by atomic mass is 19.1. The van der Waals surface area contributed by atoms with Crippen LogP contribution in [-0.2, 0) is 0 Å². The molecule has 0 aliphatic carbocycles. The molecule has 0 bridgehead atoms. The molecule has 0 saturated carbocycles. The number of rotatable bonds is 8. The van der Waals surface area contributed by atoms with Gasteiger partial charge in [0, 0.05) is 57.9 Å². The smallest absolute Gasteiger partial charge is 0.123 e. The summed E-state index contributed by atoms with van der Waals surface area (Å²) in [6.07, 6.45) is 3.65. The van der Waals surface area contributed by atoms with Gasteiger partial charge in [0.15, 0.2) is 0 Å². The van der Waals surface area contributed by atoms with Gasteiger partial charge in [-0.1, -0.05) is 73.8 Å². The second-order valence-corrected chi connectivity index (χ2v) is 9.88. The standard InChI is InChI=1S/C36H29FN4/c1-23(36-20-33-31(10-7-11-35(33)41-36)26-12-15-29(37)16-13-26)32-19-27(14-17-34(32)38-3)28-18-30(22-39-21-28)40-24(2)25-8-5-4-6-9-25/h4-22,38,40-41H,1-2H2,3H3. The zero-order chi connectivity index (χ0) is 28.3. The number of hydrogen-bond donors (Lipinski definition) is 3. The molecule has 0 radical (unpaired) electrons. The van der Waals surface area contributed by atoms with Crippen molar-refractivity contribution in [2.75, 3.05) is 17.7 Å². The van der Waals surface area contributed by atoms with Crippen LogP contribution < -0.4 is 10.6 Å². The molecule has 2 aromatic heterocycles. The molecule has 3 N–H and O–H groups in total. The van der Waals surface area contributed by atoms with Crippen molar-refractivity contribution in [1.82, 2.24) is 9.97 Å². The highest BCUT2D eigenvalue weighted by Gasteiger charge is 2.14. The first kappa shape index (κ1) is 25.8. The highest BCUT2D eigenvalue weighted by Crippen LogP contribution is 2.36. The summed E-state index contributed by atoms with van der Waals surface area (Å²) in [7, 11) is 1.91. The van der Waals surface area contributed by atoms with Gasteiger partial charge in [0.05, 0.1) is 11.9 Å². The van der Waals surface area contributed by atoms with Crippen molar-refractivity contribution in [3.8, 4) is 22.3 Å². The summed E-state index contributed by atoms with van der Waals surface area (Å²) in [5, 5.41) is 7.74. The Balaban J connectivity index is 1.33. The number of nitrogens with one attached hydrogen (secondary N) is 3. The van der Waals surface area contributed by atoms with Crippen molar-refractivity contribution in [3.05, 3.63) is 151 Å². The molecule has 6 rings (SSSR count). The zero-order valence-electron chi connectivity index (χ0n) is 22.7. The molecule has 0 atom stereocenters. The normalized spacial score (nSPS) is 10.9. The van der Waals surface area contributed by atoms with Crippen LogP contribution in [0.4, 0.5) is 15.8 Å². The minimum absolute atomic E-state index is 0.249. The Morgan fingerprint density at radius 1 is 0.780 bits per heavy atom. The molecular formula is C36H29FN4. The summed E-state index contributed by atoms with van der Waals surface area (Å²) in [5.74, 6) is -0.249. The number of halogens is 1.